The van der Waals surface area contributed by atoms with E-state index >= 15 is 0 Å². The van der Waals surface area contributed by atoms with Crippen LogP contribution in [0.2, 0.25) is 0 Å². The third-order valence-electron chi connectivity index (χ3n) is 2.58. The molecule has 0 aliphatic heterocycles. The van der Waals surface area contributed by atoms with Crippen molar-refractivity contribution in [2.24, 2.45) is 0 Å². The van der Waals surface area contributed by atoms with Crippen molar-refractivity contribution in [2.45, 2.75) is 58.7 Å². The molecule has 1 N–H and O–H groups in total. The summed E-state index contributed by atoms with van der Waals surface area (Å²) < 4.78 is 1.87. The molecule has 0 aliphatic carbocycles. The molecule has 0 aliphatic rings. The van der Waals surface area contributed by atoms with Crippen LogP contribution in [-0.4, -0.2) is 26.8 Å². The number of hydrogen-bond acceptors (Lipinski definition) is 3. The second-order valence-corrected chi connectivity index (χ2v) is 4.08. The largest absolute Gasteiger partial charge is 0.310 e. The zero-order valence-electron chi connectivity index (χ0n) is 9.98. The zero-order chi connectivity index (χ0) is 11.1. The highest BCUT2D eigenvalue weighted by atomic mass is 15.3. The third kappa shape index (κ3) is 4.42. The van der Waals surface area contributed by atoms with Gasteiger partial charge in [-0.15, -0.1) is 0 Å². The summed E-state index contributed by atoms with van der Waals surface area (Å²) in [6, 6.07) is 1.08. The van der Waals surface area contributed by atoms with Gasteiger partial charge in [-0.3, -0.25) is 4.68 Å². The summed E-state index contributed by atoms with van der Waals surface area (Å²) in [4.78, 5) is 3.93. The van der Waals surface area contributed by atoms with E-state index in [1.807, 2.05) is 4.68 Å². The summed E-state index contributed by atoms with van der Waals surface area (Å²) in [7, 11) is 0. The molecule has 0 spiro atoms. The van der Waals surface area contributed by atoms with Gasteiger partial charge in [0, 0.05) is 12.1 Å². The summed E-state index contributed by atoms with van der Waals surface area (Å²) in [5, 5.41) is 7.72. The summed E-state index contributed by atoms with van der Waals surface area (Å²) in [5.74, 6) is 0. The van der Waals surface area contributed by atoms with Crippen LogP contribution in [0.5, 0.6) is 0 Å². The maximum atomic E-state index is 4.10. The SMILES string of the molecule is CCCC(CC)NC(C)Cn1cncn1. The molecule has 0 radical (unpaired) electrons. The first-order chi connectivity index (χ1) is 7.26. The predicted molar refractivity (Wildman–Crippen MR) is 61.6 cm³/mol. The predicted octanol–water partition coefficient (Wildman–Crippen LogP) is 1.83. The van der Waals surface area contributed by atoms with Gasteiger partial charge in [-0.05, 0) is 19.8 Å². The Morgan fingerprint density at radius 3 is 2.73 bits per heavy atom. The van der Waals surface area contributed by atoms with E-state index in [-0.39, 0.29) is 0 Å². The van der Waals surface area contributed by atoms with Crippen LogP contribution in [0.4, 0.5) is 0 Å². The molecule has 15 heavy (non-hydrogen) atoms. The Hall–Kier alpha value is -0.900. The molecular weight excluding hydrogens is 188 g/mol. The van der Waals surface area contributed by atoms with E-state index in [1.165, 1.54) is 19.3 Å². The Morgan fingerprint density at radius 1 is 1.40 bits per heavy atom. The maximum Gasteiger partial charge on any atom is 0.137 e. The normalized spacial score (nSPS) is 15.1. The zero-order valence-corrected chi connectivity index (χ0v) is 9.98. The average molecular weight is 210 g/mol. The Bertz CT molecular complexity index is 245. The van der Waals surface area contributed by atoms with E-state index in [0.717, 1.165) is 6.54 Å². The first-order valence-electron chi connectivity index (χ1n) is 5.84. The van der Waals surface area contributed by atoms with Crippen molar-refractivity contribution in [1.29, 1.82) is 0 Å². The molecule has 4 nitrogen and oxygen atoms in total. The van der Waals surface area contributed by atoms with Gasteiger partial charge in [0.25, 0.3) is 0 Å². The molecule has 0 saturated carbocycles. The fraction of sp³-hybridized carbons (Fsp3) is 0.818. The van der Waals surface area contributed by atoms with Gasteiger partial charge in [-0.25, -0.2) is 4.98 Å². The average Bonchev–Trinajstić information content (AvgIpc) is 2.69. The lowest BCUT2D eigenvalue weighted by molar-refractivity contribution is 0.371. The lowest BCUT2D eigenvalue weighted by atomic mass is 10.1. The molecule has 0 fully saturated rings. The topological polar surface area (TPSA) is 42.7 Å². The minimum Gasteiger partial charge on any atom is -0.310 e. The summed E-state index contributed by atoms with van der Waals surface area (Å²) in [5.41, 5.74) is 0. The lowest BCUT2D eigenvalue weighted by Crippen LogP contribution is -2.38. The fourth-order valence-electron chi connectivity index (χ4n) is 1.82. The maximum absolute atomic E-state index is 4.10. The Balaban J connectivity index is 2.30. The van der Waals surface area contributed by atoms with Gasteiger partial charge in [0.15, 0.2) is 0 Å². The molecule has 86 valence electrons. The molecule has 1 aromatic rings. The molecular formula is C11H22N4. The van der Waals surface area contributed by atoms with E-state index < -0.39 is 0 Å². The number of nitrogens with zero attached hydrogens (tertiary/aromatic N) is 3. The van der Waals surface area contributed by atoms with Crippen molar-refractivity contribution in [3.8, 4) is 0 Å². The van der Waals surface area contributed by atoms with E-state index in [0.29, 0.717) is 12.1 Å². The standard InChI is InChI=1S/C11H22N4/c1-4-6-11(5-2)14-10(3)7-15-9-12-8-13-15/h8-11,14H,4-7H2,1-3H3. The number of aromatic nitrogens is 3. The van der Waals surface area contributed by atoms with Crippen molar-refractivity contribution in [1.82, 2.24) is 20.1 Å². The Morgan fingerprint density at radius 2 is 2.20 bits per heavy atom. The van der Waals surface area contributed by atoms with Gasteiger partial charge in [0.1, 0.15) is 12.7 Å². The minimum atomic E-state index is 0.447. The summed E-state index contributed by atoms with van der Waals surface area (Å²) >= 11 is 0. The van der Waals surface area contributed by atoms with Crippen molar-refractivity contribution in [3.63, 3.8) is 0 Å². The second kappa shape index (κ2) is 6.56. The van der Waals surface area contributed by atoms with Gasteiger partial charge in [0.2, 0.25) is 0 Å². The highest BCUT2D eigenvalue weighted by Gasteiger charge is 2.09. The quantitative estimate of drug-likeness (QED) is 0.746. The molecule has 0 bridgehead atoms. The van der Waals surface area contributed by atoms with Crippen LogP contribution in [0, 0.1) is 0 Å². The molecule has 2 unspecified atom stereocenters. The molecule has 1 heterocycles. The highest BCUT2D eigenvalue weighted by molar-refractivity contribution is 4.70. The van der Waals surface area contributed by atoms with E-state index in [9.17, 15) is 0 Å². The van der Waals surface area contributed by atoms with Crippen molar-refractivity contribution in [2.75, 3.05) is 0 Å². The molecule has 0 amide bonds. The highest BCUT2D eigenvalue weighted by Crippen LogP contribution is 2.03. The van der Waals surface area contributed by atoms with Gasteiger partial charge in [0.05, 0.1) is 6.54 Å². The Labute approximate surface area is 92.1 Å². The molecule has 4 heteroatoms. The lowest BCUT2D eigenvalue weighted by Gasteiger charge is -2.21. The van der Waals surface area contributed by atoms with Crippen LogP contribution in [-0.2, 0) is 6.54 Å². The summed E-state index contributed by atoms with van der Waals surface area (Å²) in [6.45, 7) is 7.54. The Kier molecular flexibility index (Phi) is 5.32. The first-order valence-corrected chi connectivity index (χ1v) is 5.84. The number of rotatable bonds is 7. The third-order valence-corrected chi connectivity index (χ3v) is 2.58. The first kappa shape index (κ1) is 12.2. The second-order valence-electron chi connectivity index (χ2n) is 4.08. The summed E-state index contributed by atoms with van der Waals surface area (Å²) in [6.07, 6.45) is 7.02. The van der Waals surface area contributed by atoms with Crippen LogP contribution in [0.1, 0.15) is 40.0 Å². The van der Waals surface area contributed by atoms with E-state index in [2.05, 4.69) is 36.2 Å². The van der Waals surface area contributed by atoms with Crippen LogP contribution < -0.4 is 5.32 Å². The monoisotopic (exact) mass is 210 g/mol. The van der Waals surface area contributed by atoms with Crippen LogP contribution >= 0.6 is 0 Å². The van der Waals surface area contributed by atoms with E-state index in [4.69, 9.17) is 0 Å². The molecule has 1 rings (SSSR count). The number of hydrogen-bond donors (Lipinski definition) is 1. The smallest absolute Gasteiger partial charge is 0.137 e. The van der Waals surface area contributed by atoms with Crippen molar-refractivity contribution in [3.05, 3.63) is 12.7 Å². The molecule has 0 saturated heterocycles. The van der Waals surface area contributed by atoms with Gasteiger partial charge in [-0.2, -0.15) is 5.10 Å². The van der Waals surface area contributed by atoms with Crippen LogP contribution in [0.15, 0.2) is 12.7 Å². The molecule has 0 aromatic carbocycles. The number of nitrogens with one attached hydrogen (secondary N) is 1. The molecule has 2 atom stereocenters. The van der Waals surface area contributed by atoms with Gasteiger partial charge < -0.3 is 5.32 Å². The minimum absolute atomic E-state index is 0.447. The van der Waals surface area contributed by atoms with Crippen molar-refractivity contribution < 1.29 is 0 Å². The van der Waals surface area contributed by atoms with Crippen molar-refractivity contribution >= 4 is 0 Å². The fourth-order valence-corrected chi connectivity index (χ4v) is 1.82. The van der Waals surface area contributed by atoms with Crippen LogP contribution in [0.25, 0.3) is 0 Å². The van der Waals surface area contributed by atoms with E-state index in [1.54, 1.807) is 12.7 Å². The molecule has 1 aromatic heterocycles. The van der Waals surface area contributed by atoms with Gasteiger partial charge >= 0.3 is 0 Å². The van der Waals surface area contributed by atoms with Crippen LogP contribution in [0.3, 0.4) is 0 Å². The van der Waals surface area contributed by atoms with Gasteiger partial charge in [-0.1, -0.05) is 20.3 Å².